The van der Waals surface area contributed by atoms with Gasteiger partial charge in [-0.2, -0.15) is 0 Å². The molecule has 0 unspecified atom stereocenters. The van der Waals surface area contributed by atoms with E-state index in [4.69, 9.17) is 4.74 Å². The van der Waals surface area contributed by atoms with Gasteiger partial charge in [0, 0.05) is 57.9 Å². The van der Waals surface area contributed by atoms with Crippen LogP contribution in [0.5, 0.6) is 0 Å². The van der Waals surface area contributed by atoms with Crippen molar-refractivity contribution in [2.45, 2.75) is 26.2 Å². The van der Waals surface area contributed by atoms with Crippen LogP contribution in [0.3, 0.4) is 0 Å². The maximum absolute atomic E-state index is 13.1. The summed E-state index contributed by atoms with van der Waals surface area (Å²) in [7, 11) is 1.43. The van der Waals surface area contributed by atoms with Gasteiger partial charge in [0.1, 0.15) is 5.82 Å². The molecule has 1 amide bonds. The molecule has 2 heterocycles. The molecule has 2 fully saturated rings. The first-order valence-electron chi connectivity index (χ1n) is 11.4. The zero-order valence-electron chi connectivity index (χ0n) is 19.1. The zero-order valence-corrected chi connectivity index (χ0v) is 19.1. The molecule has 32 heavy (non-hydrogen) atoms. The first kappa shape index (κ1) is 23.8. The molecule has 3 rings (SSSR count). The number of ether oxygens (including phenoxy) is 1. The number of amides is 1. The maximum Gasteiger partial charge on any atom is 0.308 e. The third kappa shape index (κ3) is 6.34. The fraction of sp³-hybridized carbons (Fsp3) is 0.609. The van der Waals surface area contributed by atoms with Crippen molar-refractivity contribution in [3.05, 3.63) is 30.1 Å². The number of hydrogen-bond acceptors (Lipinski definition) is 5. The molecule has 1 aromatic rings. The van der Waals surface area contributed by atoms with Crippen molar-refractivity contribution < 1.29 is 18.7 Å². The number of carbonyl (C=O) groups is 2. The van der Waals surface area contributed by atoms with E-state index in [2.05, 4.69) is 20.1 Å². The van der Waals surface area contributed by atoms with Crippen molar-refractivity contribution in [2.24, 2.45) is 10.9 Å². The van der Waals surface area contributed by atoms with Crippen LogP contribution in [0, 0.1) is 11.7 Å². The summed E-state index contributed by atoms with van der Waals surface area (Å²) in [6.07, 6.45) is 1.85. The highest BCUT2D eigenvalue weighted by atomic mass is 19.1. The first-order valence-corrected chi connectivity index (χ1v) is 11.4. The number of hydrogen-bond donors (Lipinski definition) is 1. The van der Waals surface area contributed by atoms with Crippen LogP contribution in [0.2, 0.25) is 0 Å². The van der Waals surface area contributed by atoms with Gasteiger partial charge in [-0.05, 0) is 44.0 Å². The number of carbonyl (C=O) groups excluding carboxylic acids is 2. The van der Waals surface area contributed by atoms with Crippen LogP contribution >= 0.6 is 0 Å². The molecule has 0 bridgehead atoms. The van der Waals surface area contributed by atoms with Crippen LogP contribution in [0.15, 0.2) is 29.3 Å². The number of rotatable bonds is 6. The Morgan fingerprint density at radius 2 is 1.72 bits per heavy atom. The predicted molar refractivity (Wildman–Crippen MR) is 122 cm³/mol. The van der Waals surface area contributed by atoms with Crippen LogP contribution in [-0.2, 0) is 14.3 Å². The number of aliphatic imine (C=N–C) groups is 1. The van der Waals surface area contributed by atoms with Gasteiger partial charge in [0.05, 0.1) is 19.6 Å². The number of piperidine rings is 1. The van der Waals surface area contributed by atoms with E-state index in [0.717, 1.165) is 57.2 Å². The SMILES string of the molecule is CCNC(=NCCC(=O)N1CCN(c2ccc(F)cc2)CC1)N1CCC(C(=O)OC)CC1. The average molecular weight is 448 g/mol. The highest BCUT2D eigenvalue weighted by molar-refractivity contribution is 5.81. The summed E-state index contributed by atoms with van der Waals surface area (Å²) < 4.78 is 18.0. The minimum absolute atomic E-state index is 0.0470. The highest BCUT2D eigenvalue weighted by Gasteiger charge is 2.27. The smallest absolute Gasteiger partial charge is 0.308 e. The Morgan fingerprint density at radius 3 is 2.31 bits per heavy atom. The number of guanidine groups is 1. The summed E-state index contributed by atoms with van der Waals surface area (Å²) >= 11 is 0. The quantitative estimate of drug-likeness (QED) is 0.407. The van der Waals surface area contributed by atoms with Gasteiger partial charge in [-0.3, -0.25) is 14.6 Å². The Morgan fingerprint density at radius 1 is 1.06 bits per heavy atom. The lowest BCUT2D eigenvalue weighted by molar-refractivity contribution is -0.146. The second kappa shape index (κ2) is 11.7. The molecular weight excluding hydrogens is 413 g/mol. The molecule has 1 N–H and O–H groups in total. The third-order valence-electron chi connectivity index (χ3n) is 6.08. The van der Waals surface area contributed by atoms with Crippen LogP contribution in [0.1, 0.15) is 26.2 Å². The van der Waals surface area contributed by atoms with Crippen molar-refractivity contribution in [2.75, 3.05) is 64.4 Å². The van der Waals surface area contributed by atoms with E-state index in [1.165, 1.54) is 19.2 Å². The molecule has 1 aromatic carbocycles. The van der Waals surface area contributed by atoms with Crippen LogP contribution in [0.25, 0.3) is 0 Å². The Labute approximate surface area is 189 Å². The lowest BCUT2D eigenvalue weighted by Crippen LogP contribution is -2.49. The van der Waals surface area contributed by atoms with Gasteiger partial charge in [-0.15, -0.1) is 0 Å². The van der Waals surface area contributed by atoms with E-state index in [1.807, 2.05) is 11.8 Å². The molecule has 8 nitrogen and oxygen atoms in total. The van der Waals surface area contributed by atoms with Gasteiger partial charge in [-0.1, -0.05) is 0 Å². The summed E-state index contributed by atoms with van der Waals surface area (Å²) in [4.78, 5) is 35.2. The number of nitrogens with zero attached hydrogens (tertiary/aromatic N) is 4. The van der Waals surface area contributed by atoms with Crippen molar-refractivity contribution in [1.29, 1.82) is 0 Å². The van der Waals surface area contributed by atoms with Gasteiger partial charge in [0.25, 0.3) is 0 Å². The minimum atomic E-state index is -0.243. The number of esters is 1. The van der Waals surface area contributed by atoms with E-state index < -0.39 is 0 Å². The predicted octanol–water partition coefficient (Wildman–Crippen LogP) is 1.71. The Hall–Kier alpha value is -2.84. The van der Waals surface area contributed by atoms with Gasteiger partial charge in [0.15, 0.2) is 5.96 Å². The molecule has 0 spiro atoms. The summed E-state index contributed by atoms with van der Waals surface area (Å²) in [6.45, 7) is 7.45. The van der Waals surface area contributed by atoms with Gasteiger partial charge in [-0.25, -0.2) is 4.39 Å². The largest absolute Gasteiger partial charge is 0.469 e. The second-order valence-electron chi connectivity index (χ2n) is 8.11. The number of halogens is 1. The third-order valence-corrected chi connectivity index (χ3v) is 6.08. The Balaban J connectivity index is 1.44. The Kier molecular flexibility index (Phi) is 8.70. The van der Waals surface area contributed by atoms with Crippen molar-refractivity contribution in [3.8, 4) is 0 Å². The highest BCUT2D eigenvalue weighted by Crippen LogP contribution is 2.19. The van der Waals surface area contributed by atoms with Crippen molar-refractivity contribution >= 4 is 23.5 Å². The van der Waals surface area contributed by atoms with Crippen molar-refractivity contribution in [3.63, 3.8) is 0 Å². The summed E-state index contributed by atoms with van der Waals surface area (Å²) in [5.41, 5.74) is 0.981. The maximum atomic E-state index is 13.1. The van der Waals surface area contributed by atoms with Crippen molar-refractivity contribution in [1.82, 2.24) is 15.1 Å². The summed E-state index contributed by atoms with van der Waals surface area (Å²) in [5.74, 6) is 0.469. The standard InChI is InChI=1S/C23H34FN5O3/c1-3-25-23(29-12-9-18(10-13-29)22(31)32-2)26-11-8-21(30)28-16-14-27(15-17-28)20-6-4-19(24)5-7-20/h4-7,18H,3,8-17H2,1-2H3,(H,25,26). The fourth-order valence-electron chi connectivity index (χ4n) is 4.20. The number of nitrogens with one attached hydrogen (secondary N) is 1. The number of likely N-dealkylation sites (tertiary alicyclic amines) is 1. The zero-order chi connectivity index (χ0) is 22.9. The number of anilines is 1. The van der Waals surface area contributed by atoms with Gasteiger partial charge >= 0.3 is 5.97 Å². The Bertz CT molecular complexity index is 785. The molecule has 2 saturated heterocycles. The molecule has 9 heteroatoms. The number of piperazine rings is 1. The van der Waals surface area contributed by atoms with E-state index >= 15 is 0 Å². The van der Waals surface area contributed by atoms with E-state index in [1.54, 1.807) is 12.1 Å². The van der Waals surface area contributed by atoms with E-state index in [-0.39, 0.29) is 23.6 Å². The average Bonchev–Trinajstić information content (AvgIpc) is 2.83. The molecule has 0 atom stereocenters. The molecule has 0 aromatic heterocycles. The van der Waals surface area contributed by atoms with E-state index in [9.17, 15) is 14.0 Å². The summed E-state index contributed by atoms with van der Waals surface area (Å²) in [6, 6.07) is 6.48. The van der Waals surface area contributed by atoms with Gasteiger partial charge in [0.2, 0.25) is 5.91 Å². The first-order chi connectivity index (χ1) is 15.5. The molecule has 0 saturated carbocycles. The van der Waals surface area contributed by atoms with Gasteiger partial charge < -0.3 is 24.8 Å². The monoisotopic (exact) mass is 447 g/mol. The molecule has 0 aliphatic carbocycles. The molecule has 2 aliphatic rings. The lowest BCUT2D eigenvalue weighted by Gasteiger charge is -2.36. The van der Waals surface area contributed by atoms with Crippen LogP contribution in [-0.4, -0.2) is 87.1 Å². The normalized spacial score (nSPS) is 18.0. The van der Waals surface area contributed by atoms with Crippen LogP contribution < -0.4 is 10.2 Å². The number of methoxy groups -OCH3 is 1. The lowest BCUT2D eigenvalue weighted by atomic mass is 9.97. The minimum Gasteiger partial charge on any atom is -0.469 e. The molecular formula is C23H34FN5O3. The fourth-order valence-corrected chi connectivity index (χ4v) is 4.20. The van der Waals surface area contributed by atoms with E-state index in [0.29, 0.717) is 26.1 Å². The second-order valence-corrected chi connectivity index (χ2v) is 8.11. The van der Waals surface area contributed by atoms with Crippen LogP contribution in [0.4, 0.5) is 10.1 Å². The number of benzene rings is 1. The molecule has 0 radical (unpaired) electrons. The molecule has 2 aliphatic heterocycles. The summed E-state index contributed by atoms with van der Waals surface area (Å²) in [5, 5.41) is 3.29. The molecule has 176 valence electrons. The topological polar surface area (TPSA) is 77.5 Å².